The quantitative estimate of drug-likeness (QED) is 0.481. The Labute approximate surface area is 155 Å². The Kier molecular flexibility index (Phi) is 11.6. The highest BCUT2D eigenvalue weighted by Gasteiger charge is 2.25. The Hall–Kier alpha value is -1.06. The van der Waals surface area contributed by atoms with Gasteiger partial charge >= 0.3 is 0 Å². The maximum absolute atomic E-state index is 12.4. The second-order valence-electron chi connectivity index (χ2n) is 7.68. The summed E-state index contributed by atoms with van der Waals surface area (Å²) in [5.41, 5.74) is 0. The van der Waals surface area contributed by atoms with E-state index in [1.165, 1.54) is 44.9 Å². The normalized spacial score (nSPS) is 17.6. The van der Waals surface area contributed by atoms with Gasteiger partial charge in [-0.05, 0) is 32.1 Å². The Morgan fingerprint density at radius 2 is 1.64 bits per heavy atom. The van der Waals surface area contributed by atoms with E-state index in [0.717, 1.165) is 38.9 Å². The zero-order valence-electron chi connectivity index (χ0n) is 16.9. The molecule has 25 heavy (non-hydrogen) atoms. The maximum Gasteiger partial charge on any atom is 0.222 e. The van der Waals surface area contributed by atoms with Gasteiger partial charge in [-0.2, -0.15) is 0 Å². The number of hydrogen-bond donors (Lipinski definition) is 0. The van der Waals surface area contributed by atoms with Crippen molar-refractivity contribution in [2.45, 2.75) is 90.9 Å². The van der Waals surface area contributed by atoms with Crippen molar-refractivity contribution in [3.63, 3.8) is 0 Å². The molecule has 0 aromatic rings. The number of nitrogens with zero attached hydrogens (tertiary/aromatic N) is 2. The summed E-state index contributed by atoms with van der Waals surface area (Å²) < 4.78 is 0. The van der Waals surface area contributed by atoms with Crippen molar-refractivity contribution < 1.29 is 9.59 Å². The minimum absolute atomic E-state index is 0.213. The molecule has 0 saturated carbocycles. The van der Waals surface area contributed by atoms with Crippen LogP contribution in [0.1, 0.15) is 90.9 Å². The Morgan fingerprint density at radius 1 is 1.00 bits per heavy atom. The monoisotopic (exact) mass is 352 g/mol. The number of piperidine rings is 1. The van der Waals surface area contributed by atoms with Crippen molar-refractivity contribution in [3.8, 4) is 0 Å². The molecule has 1 heterocycles. The molecule has 1 rings (SSSR count). The van der Waals surface area contributed by atoms with Crippen LogP contribution < -0.4 is 0 Å². The Balaban J connectivity index is 2.17. The lowest BCUT2D eigenvalue weighted by Crippen LogP contribution is -2.41. The summed E-state index contributed by atoms with van der Waals surface area (Å²) in [7, 11) is 1.86. The van der Waals surface area contributed by atoms with Crippen molar-refractivity contribution in [1.82, 2.24) is 9.80 Å². The van der Waals surface area contributed by atoms with Crippen LogP contribution in [0.2, 0.25) is 0 Å². The van der Waals surface area contributed by atoms with Crippen LogP contribution >= 0.6 is 0 Å². The zero-order chi connectivity index (χ0) is 18.5. The molecule has 0 aromatic heterocycles. The second-order valence-corrected chi connectivity index (χ2v) is 7.68. The molecule has 0 aromatic carbocycles. The third kappa shape index (κ3) is 9.27. The van der Waals surface area contributed by atoms with Gasteiger partial charge in [0.05, 0.1) is 0 Å². The van der Waals surface area contributed by atoms with Crippen LogP contribution in [0.3, 0.4) is 0 Å². The van der Waals surface area contributed by atoms with Crippen LogP contribution in [0.4, 0.5) is 0 Å². The smallest absolute Gasteiger partial charge is 0.222 e. The van der Waals surface area contributed by atoms with Crippen LogP contribution in [-0.4, -0.2) is 48.3 Å². The van der Waals surface area contributed by atoms with Crippen molar-refractivity contribution in [3.05, 3.63) is 0 Å². The number of rotatable bonds is 12. The van der Waals surface area contributed by atoms with Crippen LogP contribution in [0, 0.1) is 5.92 Å². The van der Waals surface area contributed by atoms with Crippen molar-refractivity contribution in [2.75, 3.05) is 26.7 Å². The predicted molar refractivity (Wildman–Crippen MR) is 104 cm³/mol. The van der Waals surface area contributed by atoms with Crippen LogP contribution in [-0.2, 0) is 9.59 Å². The van der Waals surface area contributed by atoms with Gasteiger partial charge in [0.15, 0.2) is 0 Å². The van der Waals surface area contributed by atoms with Gasteiger partial charge in [-0.25, -0.2) is 0 Å². The first-order chi connectivity index (χ1) is 12.1. The summed E-state index contributed by atoms with van der Waals surface area (Å²) in [4.78, 5) is 28.3. The van der Waals surface area contributed by atoms with E-state index >= 15 is 0 Å². The van der Waals surface area contributed by atoms with E-state index in [2.05, 4.69) is 6.92 Å². The molecule has 4 heteroatoms. The molecule has 1 aliphatic rings. The molecule has 1 unspecified atom stereocenters. The summed E-state index contributed by atoms with van der Waals surface area (Å²) in [5.74, 6) is 0.856. The van der Waals surface area contributed by atoms with Gasteiger partial charge in [-0.15, -0.1) is 0 Å². The highest BCUT2D eigenvalue weighted by molar-refractivity contribution is 5.77. The van der Waals surface area contributed by atoms with Gasteiger partial charge in [0, 0.05) is 39.5 Å². The highest BCUT2D eigenvalue weighted by Crippen LogP contribution is 2.21. The molecule has 146 valence electrons. The number of amides is 2. The highest BCUT2D eigenvalue weighted by atomic mass is 16.2. The first-order valence-electron chi connectivity index (χ1n) is 10.6. The van der Waals surface area contributed by atoms with Gasteiger partial charge in [-0.3, -0.25) is 9.59 Å². The third-order valence-electron chi connectivity index (χ3n) is 5.48. The first-order valence-corrected chi connectivity index (χ1v) is 10.6. The number of likely N-dealkylation sites (tertiary alicyclic amines) is 1. The number of carbonyl (C=O) groups is 2. The SMILES string of the molecule is CCCCCCCCCCC(=O)N1CCCC(CC(=O)N(C)CC)C1. The van der Waals surface area contributed by atoms with Crippen molar-refractivity contribution >= 4 is 11.8 Å². The Bertz CT molecular complexity index is 384. The molecule has 0 aliphatic carbocycles. The zero-order valence-corrected chi connectivity index (χ0v) is 16.9. The molecule has 1 saturated heterocycles. The van der Waals surface area contributed by atoms with Crippen molar-refractivity contribution in [1.29, 1.82) is 0 Å². The van der Waals surface area contributed by atoms with E-state index in [4.69, 9.17) is 0 Å². The average molecular weight is 353 g/mol. The van der Waals surface area contributed by atoms with E-state index in [-0.39, 0.29) is 5.91 Å². The fourth-order valence-electron chi connectivity index (χ4n) is 3.61. The number of unbranched alkanes of at least 4 members (excludes halogenated alkanes) is 7. The van der Waals surface area contributed by atoms with Gasteiger partial charge in [0.2, 0.25) is 11.8 Å². The molecular formula is C21H40N2O2. The van der Waals surface area contributed by atoms with Gasteiger partial charge in [0.25, 0.3) is 0 Å². The molecule has 0 bridgehead atoms. The van der Waals surface area contributed by atoms with E-state index in [0.29, 0.717) is 24.7 Å². The number of carbonyl (C=O) groups excluding carboxylic acids is 2. The van der Waals surface area contributed by atoms with E-state index in [1.807, 2.05) is 18.9 Å². The molecule has 0 spiro atoms. The minimum Gasteiger partial charge on any atom is -0.346 e. The standard InChI is InChI=1S/C21H40N2O2/c1-4-6-7-8-9-10-11-12-15-20(24)23-16-13-14-19(18-23)17-21(25)22(3)5-2/h19H,4-18H2,1-3H3. The Morgan fingerprint density at radius 3 is 2.28 bits per heavy atom. The molecule has 2 amide bonds. The van der Waals surface area contributed by atoms with Crippen LogP contribution in [0.25, 0.3) is 0 Å². The van der Waals surface area contributed by atoms with E-state index in [9.17, 15) is 9.59 Å². The lowest BCUT2D eigenvalue weighted by molar-refractivity contribution is -0.136. The minimum atomic E-state index is 0.213. The third-order valence-corrected chi connectivity index (χ3v) is 5.48. The summed E-state index contributed by atoms with van der Waals surface area (Å²) >= 11 is 0. The predicted octanol–water partition coefficient (Wildman–Crippen LogP) is 4.62. The molecule has 1 atom stereocenters. The molecule has 1 aliphatic heterocycles. The summed E-state index contributed by atoms with van der Waals surface area (Å²) in [6.07, 6.45) is 13.5. The van der Waals surface area contributed by atoms with Crippen LogP contribution in [0.5, 0.6) is 0 Å². The fourth-order valence-corrected chi connectivity index (χ4v) is 3.61. The summed E-state index contributed by atoms with van der Waals surface area (Å²) in [5, 5.41) is 0. The summed E-state index contributed by atoms with van der Waals surface area (Å²) in [6.45, 7) is 6.66. The largest absolute Gasteiger partial charge is 0.346 e. The van der Waals surface area contributed by atoms with E-state index < -0.39 is 0 Å². The molecule has 1 fully saturated rings. The molecule has 0 N–H and O–H groups in total. The van der Waals surface area contributed by atoms with Crippen molar-refractivity contribution in [2.24, 2.45) is 5.92 Å². The van der Waals surface area contributed by atoms with Gasteiger partial charge in [-0.1, -0.05) is 51.9 Å². The summed E-state index contributed by atoms with van der Waals surface area (Å²) in [6, 6.07) is 0. The number of hydrogen-bond acceptors (Lipinski definition) is 2. The fraction of sp³-hybridized carbons (Fsp3) is 0.905. The second kappa shape index (κ2) is 13.2. The van der Waals surface area contributed by atoms with Crippen LogP contribution in [0.15, 0.2) is 0 Å². The van der Waals surface area contributed by atoms with E-state index in [1.54, 1.807) is 4.90 Å². The van der Waals surface area contributed by atoms with Gasteiger partial charge in [0.1, 0.15) is 0 Å². The lowest BCUT2D eigenvalue weighted by atomic mass is 9.94. The topological polar surface area (TPSA) is 40.6 Å². The molecule has 4 nitrogen and oxygen atoms in total. The molecule has 0 radical (unpaired) electrons. The first kappa shape index (κ1) is 22.0. The van der Waals surface area contributed by atoms with Gasteiger partial charge < -0.3 is 9.80 Å². The molecular weight excluding hydrogens is 312 g/mol. The average Bonchev–Trinajstić information content (AvgIpc) is 2.63. The lowest BCUT2D eigenvalue weighted by Gasteiger charge is -2.33. The maximum atomic E-state index is 12.4.